The topological polar surface area (TPSA) is 28.7 Å². The summed E-state index contributed by atoms with van der Waals surface area (Å²) >= 11 is 0. The molecule has 2 aromatic carbocycles. The molecule has 2 radical (unpaired) electrons. The van der Waals surface area contributed by atoms with Gasteiger partial charge in [0, 0.05) is 12.4 Å². The number of hydrogen-bond donors (Lipinski definition) is 1. The number of benzene rings is 2. The van der Waals surface area contributed by atoms with Gasteiger partial charge in [-0.3, -0.25) is 0 Å². The molecule has 3 rings (SSSR count). The van der Waals surface area contributed by atoms with Crippen LogP contribution in [0.3, 0.4) is 0 Å². The van der Waals surface area contributed by atoms with Crippen LogP contribution in [0.2, 0.25) is 6.32 Å². The fraction of sp³-hybridized carbons (Fsp3) is 0.0556. The molecule has 3 heteroatoms. The standard InChI is InChI=1S/C15H13B.C3H4N2/c16-12-11-15(13-7-3-1-4-8-13)14-9-5-2-6-10-14;1-2-5-3-4-1/h1-11H,12H2;1-3H,(H,4,5). The van der Waals surface area contributed by atoms with E-state index in [0.29, 0.717) is 6.32 Å². The third-order valence-corrected chi connectivity index (χ3v) is 2.90. The van der Waals surface area contributed by atoms with Crippen LogP contribution in [0.1, 0.15) is 11.1 Å². The summed E-state index contributed by atoms with van der Waals surface area (Å²) in [6.45, 7) is 0. The maximum absolute atomic E-state index is 5.63. The van der Waals surface area contributed by atoms with Crippen molar-refractivity contribution >= 4 is 13.4 Å². The Hall–Kier alpha value is -2.55. The van der Waals surface area contributed by atoms with Crippen molar-refractivity contribution < 1.29 is 0 Å². The minimum atomic E-state index is 0.555. The molecule has 2 nitrogen and oxygen atoms in total. The number of rotatable bonds is 3. The molecule has 0 aliphatic carbocycles. The Morgan fingerprint density at radius 1 is 0.952 bits per heavy atom. The molecule has 1 heterocycles. The first kappa shape index (κ1) is 14.9. The predicted molar refractivity (Wildman–Crippen MR) is 89.1 cm³/mol. The van der Waals surface area contributed by atoms with Crippen molar-refractivity contribution in [3.63, 3.8) is 0 Å². The van der Waals surface area contributed by atoms with Crippen LogP contribution in [-0.4, -0.2) is 17.8 Å². The molecule has 0 bridgehead atoms. The summed E-state index contributed by atoms with van der Waals surface area (Å²) in [6.07, 6.45) is 7.70. The van der Waals surface area contributed by atoms with Gasteiger partial charge in [0.05, 0.1) is 14.2 Å². The van der Waals surface area contributed by atoms with Crippen LogP contribution < -0.4 is 0 Å². The lowest BCUT2D eigenvalue weighted by Crippen LogP contribution is -1.87. The predicted octanol–water partition coefficient (Wildman–Crippen LogP) is 4.11. The first-order valence-corrected chi connectivity index (χ1v) is 6.85. The van der Waals surface area contributed by atoms with Crippen molar-refractivity contribution in [2.45, 2.75) is 6.32 Å². The van der Waals surface area contributed by atoms with Gasteiger partial charge in [-0.05, 0) is 16.7 Å². The SMILES string of the molecule is [B]CC=C(c1ccccc1)c1ccccc1.c1c[nH]cn1. The van der Waals surface area contributed by atoms with Gasteiger partial charge >= 0.3 is 0 Å². The fourth-order valence-corrected chi connectivity index (χ4v) is 1.97. The molecule has 0 unspecified atom stereocenters. The lowest BCUT2D eigenvalue weighted by molar-refractivity contribution is 1.31. The van der Waals surface area contributed by atoms with E-state index in [1.54, 1.807) is 18.7 Å². The Bertz CT molecular complexity index is 573. The first-order valence-electron chi connectivity index (χ1n) is 6.85. The van der Waals surface area contributed by atoms with Gasteiger partial charge < -0.3 is 4.98 Å². The van der Waals surface area contributed by atoms with Crippen LogP contribution in [0.25, 0.3) is 5.57 Å². The van der Waals surface area contributed by atoms with Gasteiger partial charge in [-0.25, -0.2) is 4.98 Å². The zero-order chi connectivity index (χ0) is 14.8. The maximum Gasteiger partial charge on any atom is 0.0919 e. The average Bonchev–Trinajstić information content (AvgIpc) is 3.14. The molecule has 0 spiro atoms. The Labute approximate surface area is 127 Å². The number of aromatic nitrogens is 2. The number of hydrogen-bond acceptors (Lipinski definition) is 1. The van der Waals surface area contributed by atoms with Crippen molar-refractivity contribution in [2.24, 2.45) is 0 Å². The molecular formula is C18H17BN2. The highest BCUT2D eigenvalue weighted by molar-refractivity contribution is 6.10. The molecule has 102 valence electrons. The van der Waals surface area contributed by atoms with Crippen LogP contribution in [0.15, 0.2) is 85.5 Å². The van der Waals surface area contributed by atoms with E-state index in [0.717, 1.165) is 0 Å². The summed E-state index contributed by atoms with van der Waals surface area (Å²) in [5, 5.41) is 0. The molecule has 0 aliphatic rings. The van der Waals surface area contributed by atoms with Crippen LogP contribution in [-0.2, 0) is 0 Å². The molecule has 0 saturated heterocycles. The molecule has 1 aromatic heterocycles. The summed E-state index contributed by atoms with van der Waals surface area (Å²) in [5.74, 6) is 0. The zero-order valence-corrected chi connectivity index (χ0v) is 11.8. The van der Waals surface area contributed by atoms with E-state index in [2.05, 4.69) is 40.3 Å². The average molecular weight is 272 g/mol. The van der Waals surface area contributed by atoms with Gasteiger partial charge in [0.25, 0.3) is 0 Å². The van der Waals surface area contributed by atoms with E-state index in [-0.39, 0.29) is 0 Å². The van der Waals surface area contributed by atoms with Gasteiger partial charge in [-0.1, -0.05) is 73.1 Å². The second kappa shape index (κ2) is 8.59. The van der Waals surface area contributed by atoms with Gasteiger partial charge in [0.1, 0.15) is 0 Å². The third-order valence-electron chi connectivity index (χ3n) is 2.90. The van der Waals surface area contributed by atoms with Gasteiger partial charge in [0.15, 0.2) is 0 Å². The number of imidazole rings is 1. The fourth-order valence-electron chi connectivity index (χ4n) is 1.97. The smallest absolute Gasteiger partial charge is 0.0919 e. The van der Waals surface area contributed by atoms with Crippen LogP contribution >= 0.6 is 0 Å². The number of nitrogens with one attached hydrogen (secondary N) is 1. The van der Waals surface area contributed by atoms with Crippen molar-refractivity contribution in [1.29, 1.82) is 0 Å². The van der Waals surface area contributed by atoms with E-state index >= 15 is 0 Å². The second-order valence-electron chi connectivity index (χ2n) is 4.35. The van der Waals surface area contributed by atoms with E-state index in [1.807, 2.05) is 36.4 Å². The number of allylic oxidation sites excluding steroid dienone is 1. The third kappa shape index (κ3) is 4.81. The lowest BCUT2D eigenvalue weighted by Gasteiger charge is -2.07. The van der Waals surface area contributed by atoms with E-state index in [4.69, 9.17) is 7.85 Å². The Morgan fingerprint density at radius 3 is 1.86 bits per heavy atom. The largest absolute Gasteiger partial charge is 0.351 e. The Morgan fingerprint density at radius 2 is 1.52 bits per heavy atom. The summed E-state index contributed by atoms with van der Waals surface area (Å²) in [7, 11) is 5.63. The van der Waals surface area contributed by atoms with E-state index in [9.17, 15) is 0 Å². The molecule has 21 heavy (non-hydrogen) atoms. The lowest BCUT2D eigenvalue weighted by atomic mass is 9.93. The maximum atomic E-state index is 5.63. The molecule has 0 aliphatic heterocycles. The molecule has 1 N–H and O–H groups in total. The Balaban J connectivity index is 0.000000272. The minimum Gasteiger partial charge on any atom is -0.351 e. The van der Waals surface area contributed by atoms with Gasteiger partial charge in [0.2, 0.25) is 0 Å². The van der Waals surface area contributed by atoms with Crippen molar-refractivity contribution in [3.8, 4) is 0 Å². The van der Waals surface area contributed by atoms with E-state index in [1.165, 1.54) is 16.7 Å². The quantitative estimate of drug-likeness (QED) is 0.714. The summed E-state index contributed by atoms with van der Waals surface area (Å²) in [4.78, 5) is 6.42. The molecule has 0 saturated carbocycles. The van der Waals surface area contributed by atoms with Crippen molar-refractivity contribution in [2.75, 3.05) is 0 Å². The monoisotopic (exact) mass is 272 g/mol. The van der Waals surface area contributed by atoms with E-state index < -0.39 is 0 Å². The van der Waals surface area contributed by atoms with Crippen molar-refractivity contribution in [3.05, 3.63) is 96.6 Å². The summed E-state index contributed by atoms with van der Waals surface area (Å²) in [6, 6.07) is 20.6. The highest BCUT2D eigenvalue weighted by atomic mass is 14.8. The second-order valence-corrected chi connectivity index (χ2v) is 4.35. The molecule has 0 fully saturated rings. The van der Waals surface area contributed by atoms with Gasteiger partial charge in [-0.2, -0.15) is 0 Å². The molecule has 0 amide bonds. The first-order chi connectivity index (χ1) is 10.4. The minimum absolute atomic E-state index is 0.555. The zero-order valence-electron chi connectivity index (χ0n) is 11.8. The van der Waals surface area contributed by atoms with Crippen molar-refractivity contribution in [1.82, 2.24) is 9.97 Å². The van der Waals surface area contributed by atoms with Crippen LogP contribution in [0, 0.1) is 0 Å². The summed E-state index contributed by atoms with van der Waals surface area (Å²) in [5.41, 5.74) is 3.61. The van der Waals surface area contributed by atoms with Crippen LogP contribution in [0.4, 0.5) is 0 Å². The highest BCUT2D eigenvalue weighted by Crippen LogP contribution is 2.23. The van der Waals surface area contributed by atoms with Gasteiger partial charge in [-0.15, -0.1) is 0 Å². The molecular weight excluding hydrogens is 255 g/mol. The number of aromatic amines is 1. The van der Waals surface area contributed by atoms with Crippen LogP contribution in [0.5, 0.6) is 0 Å². The summed E-state index contributed by atoms with van der Waals surface area (Å²) < 4.78 is 0. The molecule has 0 atom stereocenters. The normalized spacial score (nSPS) is 9.33. The number of H-pyrrole nitrogens is 1. The highest BCUT2D eigenvalue weighted by Gasteiger charge is 2.02. The number of nitrogens with zero attached hydrogens (tertiary/aromatic N) is 1. The molecule has 3 aromatic rings. The Kier molecular flexibility index (Phi) is 6.08.